The van der Waals surface area contributed by atoms with E-state index in [9.17, 15) is 14.9 Å². The van der Waals surface area contributed by atoms with Crippen LogP contribution in [0.5, 0.6) is 0 Å². The summed E-state index contributed by atoms with van der Waals surface area (Å²) in [6.45, 7) is 0. The van der Waals surface area contributed by atoms with Crippen LogP contribution in [0.1, 0.15) is 5.56 Å². The van der Waals surface area contributed by atoms with Gasteiger partial charge in [-0.25, -0.2) is 0 Å². The molecule has 0 atom stereocenters. The predicted octanol–water partition coefficient (Wildman–Crippen LogP) is 4.60. The van der Waals surface area contributed by atoms with E-state index in [-0.39, 0.29) is 17.6 Å². The third-order valence-corrected chi connectivity index (χ3v) is 3.87. The van der Waals surface area contributed by atoms with Gasteiger partial charge in [-0.3, -0.25) is 20.2 Å². The Morgan fingerprint density at radius 2 is 2.00 bits per heavy atom. The Morgan fingerprint density at radius 1 is 1.19 bits per heavy atom. The molecule has 3 rings (SSSR count). The van der Waals surface area contributed by atoms with Gasteiger partial charge in [0.2, 0.25) is 0 Å². The van der Waals surface area contributed by atoms with Gasteiger partial charge in [0, 0.05) is 23.2 Å². The number of hydrogen-bond acceptors (Lipinski definition) is 6. The number of nitro benzene ring substituents is 1. The number of rotatable bonds is 5. The smallest absolute Gasteiger partial charge is 0.322 e. The van der Waals surface area contributed by atoms with Crippen LogP contribution in [0, 0.1) is 10.1 Å². The van der Waals surface area contributed by atoms with Gasteiger partial charge in [-0.15, -0.1) is 5.10 Å². The molecule has 1 aromatic heterocycles. The average Bonchev–Trinajstić information content (AvgIpc) is 3.08. The monoisotopic (exact) mass is 404 g/mol. The van der Waals surface area contributed by atoms with Crippen molar-refractivity contribution in [1.82, 2.24) is 10.2 Å². The molecule has 3 aromatic rings. The number of carbonyl (C=O) groups is 1. The number of anilines is 1. The number of benzene rings is 2. The summed E-state index contributed by atoms with van der Waals surface area (Å²) in [5.41, 5.74) is 0.902. The molecule has 10 heteroatoms. The van der Waals surface area contributed by atoms with Crippen molar-refractivity contribution in [3.63, 3.8) is 0 Å². The largest absolute Gasteiger partial charge is 0.403 e. The first-order valence-corrected chi connectivity index (χ1v) is 8.20. The van der Waals surface area contributed by atoms with Gasteiger partial charge in [-0.05, 0) is 29.8 Å². The molecule has 0 aliphatic carbocycles. The van der Waals surface area contributed by atoms with Crippen LogP contribution in [0.2, 0.25) is 10.0 Å². The molecule has 1 amide bonds. The number of non-ortho nitro benzene ring substituents is 1. The fourth-order valence-corrected chi connectivity index (χ4v) is 2.60. The van der Waals surface area contributed by atoms with Crippen molar-refractivity contribution in [3.8, 4) is 11.5 Å². The Morgan fingerprint density at radius 3 is 2.74 bits per heavy atom. The summed E-state index contributed by atoms with van der Waals surface area (Å²) in [6.07, 6.45) is 2.62. The number of aromatic nitrogens is 2. The van der Waals surface area contributed by atoms with Crippen molar-refractivity contribution in [3.05, 3.63) is 74.3 Å². The number of nitro groups is 1. The normalized spacial score (nSPS) is 10.9. The van der Waals surface area contributed by atoms with Crippen molar-refractivity contribution >= 4 is 46.9 Å². The molecule has 0 bridgehead atoms. The van der Waals surface area contributed by atoms with E-state index in [1.165, 1.54) is 36.4 Å². The first kappa shape index (κ1) is 18.6. The van der Waals surface area contributed by atoms with Crippen molar-refractivity contribution < 1.29 is 14.1 Å². The standard InChI is InChI=1S/C17H10Cl2N4O4/c18-11-5-6-13(14(19)9-11)16-21-22-17(27-16)20-15(24)7-4-10-2-1-3-12(8-10)23(25)26/h1-9H,(H,20,22,24). The van der Waals surface area contributed by atoms with Gasteiger partial charge in [0.25, 0.3) is 17.5 Å². The third kappa shape index (κ3) is 4.69. The Balaban J connectivity index is 1.69. The van der Waals surface area contributed by atoms with E-state index >= 15 is 0 Å². The Bertz CT molecular complexity index is 1050. The van der Waals surface area contributed by atoms with E-state index in [4.69, 9.17) is 27.6 Å². The van der Waals surface area contributed by atoms with Crippen LogP contribution < -0.4 is 5.32 Å². The van der Waals surface area contributed by atoms with Crippen LogP contribution in [0.4, 0.5) is 11.7 Å². The van der Waals surface area contributed by atoms with Gasteiger partial charge < -0.3 is 4.42 Å². The number of nitrogens with one attached hydrogen (secondary N) is 1. The fourth-order valence-electron chi connectivity index (χ4n) is 2.11. The number of hydrogen-bond donors (Lipinski definition) is 1. The van der Waals surface area contributed by atoms with Gasteiger partial charge in [0.1, 0.15) is 0 Å². The van der Waals surface area contributed by atoms with E-state index in [0.29, 0.717) is 21.2 Å². The van der Waals surface area contributed by atoms with Crippen molar-refractivity contribution in [2.75, 3.05) is 5.32 Å². The second kappa shape index (κ2) is 7.98. The Hall–Kier alpha value is -3.23. The van der Waals surface area contributed by atoms with E-state index in [2.05, 4.69) is 15.5 Å². The minimum Gasteiger partial charge on any atom is -0.403 e. The van der Waals surface area contributed by atoms with Gasteiger partial charge in [-0.1, -0.05) is 40.4 Å². The van der Waals surface area contributed by atoms with Crippen molar-refractivity contribution in [2.24, 2.45) is 0 Å². The van der Waals surface area contributed by atoms with Crippen LogP contribution in [-0.4, -0.2) is 21.0 Å². The molecule has 8 nitrogen and oxygen atoms in total. The first-order valence-electron chi connectivity index (χ1n) is 7.45. The molecular formula is C17H10Cl2N4O4. The zero-order chi connectivity index (χ0) is 19.4. The molecule has 0 unspecified atom stereocenters. The molecule has 0 spiro atoms. The topological polar surface area (TPSA) is 111 Å². The maximum Gasteiger partial charge on any atom is 0.322 e. The first-order chi connectivity index (χ1) is 12.9. The summed E-state index contributed by atoms with van der Waals surface area (Å²) in [5.74, 6) is -0.423. The third-order valence-electron chi connectivity index (χ3n) is 3.32. The average molecular weight is 405 g/mol. The second-order valence-electron chi connectivity index (χ2n) is 5.21. The molecule has 0 aliphatic heterocycles. The summed E-state index contributed by atoms with van der Waals surface area (Å²) in [4.78, 5) is 22.2. The van der Waals surface area contributed by atoms with Gasteiger partial charge in [-0.2, -0.15) is 0 Å². The van der Waals surface area contributed by atoms with E-state index in [0.717, 1.165) is 0 Å². The van der Waals surface area contributed by atoms with Gasteiger partial charge in [0.05, 0.1) is 15.5 Å². The number of halogens is 2. The Kier molecular flexibility index (Phi) is 5.49. The number of carbonyl (C=O) groups excluding carboxylic acids is 1. The molecule has 0 radical (unpaired) electrons. The molecule has 1 heterocycles. The van der Waals surface area contributed by atoms with Gasteiger partial charge >= 0.3 is 6.01 Å². The maximum atomic E-state index is 12.0. The number of nitrogens with zero attached hydrogens (tertiary/aromatic N) is 3. The van der Waals surface area contributed by atoms with Crippen molar-refractivity contribution in [2.45, 2.75) is 0 Å². The van der Waals surface area contributed by atoms with Crippen LogP contribution in [0.15, 0.2) is 53.0 Å². The summed E-state index contributed by atoms with van der Waals surface area (Å²) >= 11 is 11.9. The number of amides is 1. The van der Waals surface area contributed by atoms with E-state index in [1.54, 1.807) is 18.2 Å². The second-order valence-corrected chi connectivity index (χ2v) is 6.05. The van der Waals surface area contributed by atoms with Crippen LogP contribution >= 0.6 is 23.2 Å². The Labute approximate surface area is 162 Å². The quantitative estimate of drug-likeness (QED) is 0.377. The summed E-state index contributed by atoms with van der Waals surface area (Å²) < 4.78 is 5.36. The lowest BCUT2D eigenvalue weighted by molar-refractivity contribution is -0.384. The highest BCUT2D eigenvalue weighted by Gasteiger charge is 2.13. The molecule has 0 aliphatic rings. The minimum absolute atomic E-state index is 0.0704. The van der Waals surface area contributed by atoms with Crippen LogP contribution in [0.25, 0.3) is 17.5 Å². The zero-order valence-corrected chi connectivity index (χ0v) is 14.9. The highest BCUT2D eigenvalue weighted by Crippen LogP contribution is 2.30. The van der Waals surface area contributed by atoms with Gasteiger partial charge in [0.15, 0.2) is 0 Å². The molecule has 0 saturated heterocycles. The molecule has 136 valence electrons. The maximum absolute atomic E-state index is 12.0. The molecule has 0 fully saturated rings. The fraction of sp³-hybridized carbons (Fsp3) is 0. The lowest BCUT2D eigenvalue weighted by Crippen LogP contribution is -2.07. The summed E-state index contributed by atoms with van der Waals surface area (Å²) in [7, 11) is 0. The summed E-state index contributed by atoms with van der Waals surface area (Å²) in [5, 5.41) is 21.5. The molecule has 2 aromatic carbocycles. The lowest BCUT2D eigenvalue weighted by Gasteiger charge is -1.99. The molecule has 27 heavy (non-hydrogen) atoms. The van der Waals surface area contributed by atoms with E-state index < -0.39 is 10.8 Å². The minimum atomic E-state index is -0.543. The molecule has 1 N–H and O–H groups in total. The zero-order valence-electron chi connectivity index (χ0n) is 13.4. The highest BCUT2D eigenvalue weighted by molar-refractivity contribution is 6.36. The molecule has 0 saturated carbocycles. The van der Waals surface area contributed by atoms with Crippen molar-refractivity contribution in [1.29, 1.82) is 0 Å². The SMILES string of the molecule is O=C(C=Cc1cccc([N+](=O)[O-])c1)Nc1nnc(-c2ccc(Cl)cc2Cl)o1. The highest BCUT2D eigenvalue weighted by atomic mass is 35.5. The molecular weight excluding hydrogens is 395 g/mol. The van der Waals surface area contributed by atoms with Crippen LogP contribution in [0.3, 0.4) is 0 Å². The predicted molar refractivity (Wildman–Crippen MR) is 101 cm³/mol. The van der Waals surface area contributed by atoms with Crippen LogP contribution in [-0.2, 0) is 4.79 Å². The summed E-state index contributed by atoms with van der Waals surface area (Å²) in [6, 6.07) is 10.5. The lowest BCUT2D eigenvalue weighted by atomic mass is 10.2. The van der Waals surface area contributed by atoms with E-state index in [1.807, 2.05) is 0 Å².